The van der Waals surface area contributed by atoms with Crippen molar-refractivity contribution in [2.45, 2.75) is 19.4 Å². The summed E-state index contributed by atoms with van der Waals surface area (Å²) in [5.74, 6) is 0. The van der Waals surface area contributed by atoms with E-state index in [0.717, 1.165) is 24.6 Å². The Morgan fingerprint density at radius 1 is 1.67 bits per heavy atom. The Balaban J connectivity index is 2.34. The predicted octanol–water partition coefficient (Wildman–Crippen LogP) is 0.519. The van der Waals surface area contributed by atoms with Gasteiger partial charge >= 0.3 is 0 Å². The van der Waals surface area contributed by atoms with Gasteiger partial charge in [-0.25, -0.2) is 0 Å². The molecule has 0 saturated carbocycles. The van der Waals surface area contributed by atoms with Crippen molar-refractivity contribution >= 4 is 5.69 Å². The molecule has 2 N–H and O–H groups in total. The summed E-state index contributed by atoms with van der Waals surface area (Å²) in [5.41, 5.74) is 7.37. The van der Waals surface area contributed by atoms with Gasteiger partial charge in [0.2, 0.25) is 0 Å². The molecule has 2 heterocycles. The number of rotatable bonds is 1. The minimum Gasteiger partial charge on any atom is -0.396 e. The van der Waals surface area contributed by atoms with Crippen LogP contribution in [0, 0.1) is 6.92 Å². The molecule has 1 saturated heterocycles. The molecule has 2 rings (SSSR count). The van der Waals surface area contributed by atoms with Crippen LogP contribution in [0.15, 0.2) is 6.20 Å². The molecule has 4 heteroatoms. The second-order valence-corrected chi connectivity index (χ2v) is 3.60. The van der Waals surface area contributed by atoms with E-state index in [4.69, 9.17) is 10.5 Å². The molecular weight excluding hydrogens is 154 g/mol. The lowest BCUT2D eigenvalue weighted by molar-refractivity contribution is -0.0958. The smallest absolute Gasteiger partial charge is 0.106 e. The summed E-state index contributed by atoms with van der Waals surface area (Å²) < 4.78 is 7.04. The lowest BCUT2D eigenvalue weighted by Gasteiger charge is -2.38. The first kappa shape index (κ1) is 7.61. The van der Waals surface area contributed by atoms with Crippen LogP contribution in [0.5, 0.6) is 0 Å². The molecule has 0 unspecified atom stereocenters. The largest absolute Gasteiger partial charge is 0.396 e. The zero-order valence-corrected chi connectivity index (χ0v) is 7.37. The van der Waals surface area contributed by atoms with Crippen molar-refractivity contribution in [2.75, 3.05) is 18.9 Å². The molecule has 0 spiro atoms. The molecule has 4 nitrogen and oxygen atoms in total. The van der Waals surface area contributed by atoms with Gasteiger partial charge in [0.1, 0.15) is 5.54 Å². The molecule has 0 aromatic carbocycles. The predicted molar refractivity (Wildman–Crippen MR) is 45.8 cm³/mol. The number of anilines is 1. The van der Waals surface area contributed by atoms with E-state index in [2.05, 4.69) is 12.0 Å². The highest BCUT2D eigenvalue weighted by molar-refractivity contribution is 5.39. The van der Waals surface area contributed by atoms with E-state index in [-0.39, 0.29) is 5.54 Å². The molecule has 1 aliphatic rings. The molecule has 0 bridgehead atoms. The zero-order chi connectivity index (χ0) is 8.77. The van der Waals surface area contributed by atoms with Gasteiger partial charge in [-0.3, -0.25) is 4.68 Å². The van der Waals surface area contributed by atoms with E-state index >= 15 is 0 Å². The lowest BCUT2D eigenvalue weighted by Crippen LogP contribution is -2.49. The molecule has 0 amide bonds. The zero-order valence-electron chi connectivity index (χ0n) is 7.37. The molecule has 0 radical (unpaired) electrons. The third-order valence-electron chi connectivity index (χ3n) is 2.32. The first-order valence-electron chi connectivity index (χ1n) is 4.02. The first-order chi connectivity index (χ1) is 5.62. The third-order valence-corrected chi connectivity index (χ3v) is 2.32. The van der Waals surface area contributed by atoms with E-state index in [1.807, 2.05) is 17.8 Å². The van der Waals surface area contributed by atoms with Gasteiger partial charge < -0.3 is 10.5 Å². The van der Waals surface area contributed by atoms with Gasteiger partial charge in [0.15, 0.2) is 0 Å². The fourth-order valence-electron chi connectivity index (χ4n) is 1.28. The van der Waals surface area contributed by atoms with Crippen molar-refractivity contribution in [2.24, 2.45) is 0 Å². The van der Waals surface area contributed by atoms with E-state index in [1.165, 1.54) is 0 Å². The van der Waals surface area contributed by atoms with Crippen LogP contribution in [0.3, 0.4) is 0 Å². The van der Waals surface area contributed by atoms with E-state index in [0.29, 0.717) is 0 Å². The minimum atomic E-state index is 0.0301. The standard InChI is InChI=1S/C8H13N3O/c1-6-7(9)3-11(10-6)8(2)4-12-5-8/h3H,4-5,9H2,1-2H3. The molecule has 0 atom stereocenters. The van der Waals surface area contributed by atoms with Crippen LogP contribution in [-0.4, -0.2) is 23.0 Å². The highest BCUT2D eigenvalue weighted by Gasteiger charge is 2.36. The van der Waals surface area contributed by atoms with Crippen LogP contribution < -0.4 is 5.73 Å². The minimum absolute atomic E-state index is 0.0301. The summed E-state index contributed by atoms with van der Waals surface area (Å²) in [4.78, 5) is 0. The fraction of sp³-hybridized carbons (Fsp3) is 0.625. The number of nitrogen functional groups attached to an aromatic ring is 1. The number of nitrogens with two attached hydrogens (primary N) is 1. The second kappa shape index (κ2) is 2.23. The summed E-state index contributed by atoms with van der Waals surface area (Å²) in [6.07, 6.45) is 1.87. The quantitative estimate of drug-likeness (QED) is 0.663. The Hall–Kier alpha value is -1.03. The number of aryl methyl sites for hydroxylation is 1. The first-order valence-corrected chi connectivity index (χ1v) is 4.02. The maximum atomic E-state index is 5.69. The SMILES string of the molecule is Cc1nn(C2(C)COC2)cc1N. The summed E-state index contributed by atoms with van der Waals surface area (Å²) >= 11 is 0. The number of ether oxygens (including phenoxy) is 1. The number of hydrogen-bond donors (Lipinski definition) is 1. The molecule has 1 aromatic heterocycles. The van der Waals surface area contributed by atoms with Crippen molar-refractivity contribution in [3.8, 4) is 0 Å². The topological polar surface area (TPSA) is 53.1 Å². The normalized spacial score (nSPS) is 20.5. The van der Waals surface area contributed by atoms with E-state index in [9.17, 15) is 0 Å². The molecule has 1 aliphatic heterocycles. The average molecular weight is 167 g/mol. The van der Waals surface area contributed by atoms with Crippen LogP contribution in [0.2, 0.25) is 0 Å². The molecular formula is C8H13N3O. The summed E-state index contributed by atoms with van der Waals surface area (Å²) in [6, 6.07) is 0. The van der Waals surface area contributed by atoms with E-state index < -0.39 is 0 Å². The number of nitrogens with zero attached hydrogens (tertiary/aromatic N) is 2. The van der Waals surface area contributed by atoms with Gasteiger partial charge in [-0.2, -0.15) is 5.10 Å². The Labute approximate surface area is 71.3 Å². The molecule has 12 heavy (non-hydrogen) atoms. The molecule has 1 aromatic rings. The summed E-state index contributed by atoms with van der Waals surface area (Å²) in [6.45, 7) is 5.48. The highest BCUT2D eigenvalue weighted by atomic mass is 16.5. The fourth-order valence-corrected chi connectivity index (χ4v) is 1.28. The van der Waals surface area contributed by atoms with Crippen LogP contribution in [0.1, 0.15) is 12.6 Å². The van der Waals surface area contributed by atoms with Gasteiger partial charge in [0.05, 0.1) is 24.6 Å². The Morgan fingerprint density at radius 2 is 2.33 bits per heavy atom. The van der Waals surface area contributed by atoms with E-state index in [1.54, 1.807) is 0 Å². The summed E-state index contributed by atoms with van der Waals surface area (Å²) in [7, 11) is 0. The third kappa shape index (κ3) is 0.914. The lowest BCUT2D eigenvalue weighted by atomic mass is 10.0. The van der Waals surface area contributed by atoms with Crippen molar-refractivity contribution in [3.05, 3.63) is 11.9 Å². The Morgan fingerprint density at radius 3 is 2.67 bits per heavy atom. The van der Waals surface area contributed by atoms with Crippen LogP contribution in [0.25, 0.3) is 0 Å². The van der Waals surface area contributed by atoms with Gasteiger partial charge in [0.25, 0.3) is 0 Å². The molecule has 1 fully saturated rings. The maximum Gasteiger partial charge on any atom is 0.106 e. The second-order valence-electron chi connectivity index (χ2n) is 3.60. The maximum absolute atomic E-state index is 5.69. The highest BCUT2D eigenvalue weighted by Crippen LogP contribution is 2.26. The van der Waals surface area contributed by atoms with Crippen LogP contribution in [-0.2, 0) is 10.3 Å². The van der Waals surface area contributed by atoms with Crippen molar-refractivity contribution in [1.29, 1.82) is 0 Å². The average Bonchev–Trinajstić information content (AvgIpc) is 2.28. The van der Waals surface area contributed by atoms with Gasteiger partial charge in [-0.15, -0.1) is 0 Å². The number of aromatic nitrogens is 2. The van der Waals surface area contributed by atoms with Crippen LogP contribution >= 0.6 is 0 Å². The van der Waals surface area contributed by atoms with Gasteiger partial charge in [-0.1, -0.05) is 0 Å². The molecule has 66 valence electrons. The van der Waals surface area contributed by atoms with Crippen molar-refractivity contribution < 1.29 is 4.74 Å². The molecule has 0 aliphatic carbocycles. The van der Waals surface area contributed by atoms with Gasteiger partial charge in [0, 0.05) is 6.20 Å². The number of hydrogen-bond acceptors (Lipinski definition) is 3. The van der Waals surface area contributed by atoms with Crippen LogP contribution in [0.4, 0.5) is 5.69 Å². The van der Waals surface area contributed by atoms with Crippen molar-refractivity contribution in [1.82, 2.24) is 9.78 Å². The van der Waals surface area contributed by atoms with Crippen molar-refractivity contribution in [3.63, 3.8) is 0 Å². The van der Waals surface area contributed by atoms with Gasteiger partial charge in [-0.05, 0) is 13.8 Å². The summed E-state index contributed by atoms with van der Waals surface area (Å²) in [5, 5.41) is 4.32. The Kier molecular flexibility index (Phi) is 1.41. The monoisotopic (exact) mass is 167 g/mol. The Bertz CT molecular complexity index is 282.